The summed E-state index contributed by atoms with van der Waals surface area (Å²) in [6.07, 6.45) is 0.998. The summed E-state index contributed by atoms with van der Waals surface area (Å²) in [6, 6.07) is 5.63. The molecule has 0 aromatic heterocycles. The Balaban J connectivity index is 2.79. The van der Waals surface area contributed by atoms with Gasteiger partial charge in [-0.3, -0.25) is 4.79 Å². The molecule has 0 aliphatic rings. The Labute approximate surface area is 90.9 Å². The first-order chi connectivity index (χ1) is 7.00. The molecule has 0 bridgehead atoms. The van der Waals surface area contributed by atoms with E-state index in [0.29, 0.717) is 5.56 Å². The van der Waals surface area contributed by atoms with Crippen LogP contribution < -0.4 is 5.73 Å². The van der Waals surface area contributed by atoms with Gasteiger partial charge in [0, 0.05) is 12.1 Å². The van der Waals surface area contributed by atoms with E-state index >= 15 is 0 Å². The highest BCUT2D eigenvalue weighted by Crippen LogP contribution is 2.11. The normalized spacial score (nSPS) is 10.7. The van der Waals surface area contributed by atoms with Gasteiger partial charge in [-0.15, -0.1) is 0 Å². The third-order valence-corrected chi connectivity index (χ3v) is 2.46. The standard InChI is InChI=1S/C12H18N2O/c1-9-8-11(12(13)15)5-4-10(9)6-7-14(2)3/h4-5,8H,6-7H2,1-3H3,(H2,13,15). The van der Waals surface area contributed by atoms with Gasteiger partial charge in [0.25, 0.3) is 0 Å². The lowest BCUT2D eigenvalue weighted by Gasteiger charge is -2.11. The topological polar surface area (TPSA) is 46.3 Å². The zero-order valence-corrected chi connectivity index (χ0v) is 9.58. The van der Waals surface area contributed by atoms with Gasteiger partial charge in [-0.2, -0.15) is 0 Å². The van der Waals surface area contributed by atoms with E-state index in [0.717, 1.165) is 18.5 Å². The van der Waals surface area contributed by atoms with Crippen molar-refractivity contribution in [3.63, 3.8) is 0 Å². The van der Waals surface area contributed by atoms with Crippen LogP contribution in [0.3, 0.4) is 0 Å². The summed E-state index contributed by atoms with van der Waals surface area (Å²) in [5.74, 6) is -0.364. The lowest BCUT2D eigenvalue weighted by molar-refractivity contribution is 0.1000. The van der Waals surface area contributed by atoms with Crippen LogP contribution in [0.25, 0.3) is 0 Å². The van der Waals surface area contributed by atoms with Crippen molar-refractivity contribution in [1.29, 1.82) is 0 Å². The Bertz CT molecular complexity index is 359. The van der Waals surface area contributed by atoms with Gasteiger partial charge in [0.1, 0.15) is 0 Å². The summed E-state index contributed by atoms with van der Waals surface area (Å²) in [7, 11) is 4.10. The number of aryl methyl sites for hydroxylation is 1. The summed E-state index contributed by atoms with van der Waals surface area (Å²) in [4.78, 5) is 13.1. The van der Waals surface area contributed by atoms with Crippen LogP contribution in [-0.2, 0) is 6.42 Å². The van der Waals surface area contributed by atoms with Crippen molar-refractivity contribution in [3.8, 4) is 0 Å². The maximum Gasteiger partial charge on any atom is 0.248 e. The number of primary amides is 1. The number of hydrogen-bond acceptors (Lipinski definition) is 2. The Morgan fingerprint density at radius 1 is 1.40 bits per heavy atom. The van der Waals surface area contributed by atoms with Crippen LogP contribution in [0, 0.1) is 6.92 Å². The minimum absolute atomic E-state index is 0.364. The summed E-state index contributed by atoms with van der Waals surface area (Å²) < 4.78 is 0. The smallest absolute Gasteiger partial charge is 0.248 e. The number of nitrogens with two attached hydrogens (primary N) is 1. The van der Waals surface area contributed by atoms with E-state index in [1.807, 2.05) is 33.2 Å². The van der Waals surface area contributed by atoms with Crippen molar-refractivity contribution in [2.45, 2.75) is 13.3 Å². The molecule has 3 heteroatoms. The number of likely N-dealkylation sites (N-methyl/N-ethyl adjacent to an activating group) is 1. The fourth-order valence-corrected chi connectivity index (χ4v) is 1.47. The Kier molecular flexibility index (Phi) is 3.86. The molecule has 15 heavy (non-hydrogen) atoms. The Hall–Kier alpha value is -1.35. The molecule has 2 N–H and O–H groups in total. The van der Waals surface area contributed by atoms with E-state index in [1.54, 1.807) is 6.07 Å². The highest BCUT2D eigenvalue weighted by Gasteiger charge is 2.04. The van der Waals surface area contributed by atoms with E-state index in [4.69, 9.17) is 5.73 Å². The van der Waals surface area contributed by atoms with E-state index in [9.17, 15) is 4.79 Å². The van der Waals surface area contributed by atoms with Crippen molar-refractivity contribution in [3.05, 3.63) is 34.9 Å². The third-order valence-electron chi connectivity index (χ3n) is 2.46. The van der Waals surface area contributed by atoms with Crippen molar-refractivity contribution in [2.24, 2.45) is 5.73 Å². The van der Waals surface area contributed by atoms with Crippen LogP contribution in [-0.4, -0.2) is 31.4 Å². The first kappa shape index (κ1) is 11.7. The molecule has 0 radical (unpaired) electrons. The maximum atomic E-state index is 10.9. The highest BCUT2D eigenvalue weighted by molar-refractivity contribution is 5.93. The monoisotopic (exact) mass is 206 g/mol. The molecule has 1 amide bonds. The molecular weight excluding hydrogens is 188 g/mol. The number of rotatable bonds is 4. The molecule has 0 aliphatic carbocycles. The fourth-order valence-electron chi connectivity index (χ4n) is 1.47. The number of hydrogen-bond donors (Lipinski definition) is 1. The summed E-state index contributed by atoms with van der Waals surface area (Å²) in [5, 5.41) is 0. The quantitative estimate of drug-likeness (QED) is 0.804. The average Bonchev–Trinajstić information content (AvgIpc) is 2.15. The van der Waals surface area contributed by atoms with Gasteiger partial charge in [0.2, 0.25) is 5.91 Å². The molecule has 0 heterocycles. The lowest BCUT2D eigenvalue weighted by Crippen LogP contribution is -2.16. The van der Waals surface area contributed by atoms with Crippen molar-refractivity contribution in [1.82, 2.24) is 4.90 Å². The molecular formula is C12H18N2O. The van der Waals surface area contributed by atoms with E-state index in [-0.39, 0.29) is 5.91 Å². The van der Waals surface area contributed by atoms with Gasteiger partial charge < -0.3 is 10.6 Å². The predicted molar refractivity (Wildman–Crippen MR) is 62.0 cm³/mol. The maximum absolute atomic E-state index is 10.9. The van der Waals surface area contributed by atoms with Crippen molar-refractivity contribution >= 4 is 5.91 Å². The van der Waals surface area contributed by atoms with E-state index in [2.05, 4.69) is 4.90 Å². The largest absolute Gasteiger partial charge is 0.366 e. The summed E-state index contributed by atoms with van der Waals surface area (Å²) >= 11 is 0. The second-order valence-corrected chi connectivity index (χ2v) is 4.06. The predicted octanol–water partition coefficient (Wildman–Crippen LogP) is 1.20. The zero-order chi connectivity index (χ0) is 11.4. The number of carbonyl (C=O) groups excluding carboxylic acids is 1. The van der Waals surface area contributed by atoms with Crippen LogP contribution >= 0.6 is 0 Å². The van der Waals surface area contributed by atoms with Crippen LogP contribution in [0.15, 0.2) is 18.2 Å². The minimum Gasteiger partial charge on any atom is -0.366 e. The van der Waals surface area contributed by atoms with Gasteiger partial charge in [0.15, 0.2) is 0 Å². The van der Waals surface area contributed by atoms with Gasteiger partial charge in [0.05, 0.1) is 0 Å². The summed E-state index contributed by atoms with van der Waals surface area (Å²) in [6.45, 7) is 3.02. The molecule has 0 saturated heterocycles. The molecule has 1 aromatic rings. The van der Waals surface area contributed by atoms with Gasteiger partial charge >= 0.3 is 0 Å². The highest BCUT2D eigenvalue weighted by atomic mass is 16.1. The fraction of sp³-hybridized carbons (Fsp3) is 0.417. The van der Waals surface area contributed by atoms with Gasteiger partial charge in [-0.05, 0) is 50.7 Å². The Morgan fingerprint density at radius 3 is 2.53 bits per heavy atom. The molecule has 1 aromatic carbocycles. The lowest BCUT2D eigenvalue weighted by atomic mass is 10.0. The van der Waals surface area contributed by atoms with Crippen molar-refractivity contribution in [2.75, 3.05) is 20.6 Å². The number of carbonyl (C=O) groups is 1. The van der Waals surface area contributed by atoms with Crippen LogP contribution in [0.2, 0.25) is 0 Å². The second-order valence-electron chi connectivity index (χ2n) is 4.06. The Morgan fingerprint density at radius 2 is 2.07 bits per heavy atom. The average molecular weight is 206 g/mol. The molecule has 3 nitrogen and oxygen atoms in total. The molecule has 0 fully saturated rings. The van der Waals surface area contributed by atoms with E-state index in [1.165, 1.54) is 5.56 Å². The molecule has 1 rings (SSSR count). The minimum atomic E-state index is -0.364. The molecule has 0 atom stereocenters. The van der Waals surface area contributed by atoms with Crippen LogP contribution in [0.1, 0.15) is 21.5 Å². The zero-order valence-electron chi connectivity index (χ0n) is 9.58. The van der Waals surface area contributed by atoms with Crippen LogP contribution in [0.4, 0.5) is 0 Å². The number of benzene rings is 1. The van der Waals surface area contributed by atoms with E-state index < -0.39 is 0 Å². The van der Waals surface area contributed by atoms with Crippen molar-refractivity contribution < 1.29 is 4.79 Å². The molecule has 0 saturated carbocycles. The van der Waals surface area contributed by atoms with Crippen LogP contribution in [0.5, 0.6) is 0 Å². The number of amides is 1. The first-order valence-electron chi connectivity index (χ1n) is 5.05. The molecule has 82 valence electrons. The van der Waals surface area contributed by atoms with Gasteiger partial charge in [-0.25, -0.2) is 0 Å². The molecule has 0 spiro atoms. The third kappa shape index (κ3) is 3.36. The second kappa shape index (κ2) is 4.94. The molecule has 0 unspecified atom stereocenters. The summed E-state index contributed by atoms with van der Waals surface area (Å²) in [5.41, 5.74) is 8.20. The van der Waals surface area contributed by atoms with Gasteiger partial charge in [-0.1, -0.05) is 6.07 Å². The molecule has 0 aliphatic heterocycles. The SMILES string of the molecule is Cc1cc(C(N)=O)ccc1CCN(C)C. The first-order valence-corrected chi connectivity index (χ1v) is 5.05. The number of nitrogens with zero attached hydrogens (tertiary/aromatic N) is 1.